The van der Waals surface area contributed by atoms with Gasteiger partial charge in [0.25, 0.3) is 11.6 Å². The summed E-state index contributed by atoms with van der Waals surface area (Å²) in [6.45, 7) is 5.13. The van der Waals surface area contributed by atoms with Crippen LogP contribution in [0.25, 0.3) is 0 Å². The first-order valence-corrected chi connectivity index (χ1v) is 8.90. The molecule has 1 N–H and O–H groups in total. The molecular weight excluding hydrogens is 344 g/mol. The molecule has 130 valence electrons. The lowest BCUT2D eigenvalue weighted by molar-refractivity contribution is -0.384. The molecule has 0 aliphatic heterocycles. The highest BCUT2D eigenvalue weighted by Crippen LogP contribution is 2.22. The molecule has 0 saturated heterocycles. The van der Waals surface area contributed by atoms with Gasteiger partial charge in [-0.15, -0.1) is 6.58 Å². The van der Waals surface area contributed by atoms with Gasteiger partial charge in [-0.05, 0) is 30.7 Å². The molecule has 0 fully saturated rings. The second-order valence-electron chi connectivity index (χ2n) is 5.31. The van der Waals surface area contributed by atoms with E-state index < -0.39 is 20.7 Å². The fourth-order valence-corrected chi connectivity index (χ4v) is 3.21. The summed E-state index contributed by atoms with van der Waals surface area (Å²) in [5.41, 5.74) is 0.887. The summed E-state index contributed by atoms with van der Waals surface area (Å²) in [7, 11) is -3.53. The minimum Gasteiger partial charge on any atom is -0.322 e. The zero-order valence-electron chi connectivity index (χ0n) is 13.4. The Morgan fingerprint density at radius 3 is 2.64 bits per heavy atom. The number of amides is 1. The molecule has 0 saturated carbocycles. The quantitative estimate of drug-likeness (QED) is 0.484. The number of hydrogen-bond acceptors (Lipinski definition) is 5. The van der Waals surface area contributed by atoms with Crippen molar-refractivity contribution in [1.82, 2.24) is 0 Å². The van der Waals surface area contributed by atoms with E-state index in [1.165, 1.54) is 36.4 Å². The topological polar surface area (TPSA) is 106 Å². The van der Waals surface area contributed by atoms with Gasteiger partial charge in [-0.25, -0.2) is 8.42 Å². The van der Waals surface area contributed by atoms with Crippen LogP contribution in [-0.2, 0) is 9.84 Å². The average Bonchev–Trinajstić information content (AvgIpc) is 2.56. The monoisotopic (exact) mass is 360 g/mol. The normalized spacial score (nSPS) is 10.9. The van der Waals surface area contributed by atoms with Crippen molar-refractivity contribution in [3.05, 3.63) is 76.4 Å². The number of carbonyl (C=O) groups is 1. The Hall–Kier alpha value is -3.00. The Bertz CT molecular complexity index is 951. The van der Waals surface area contributed by atoms with Crippen molar-refractivity contribution in [3.63, 3.8) is 0 Å². The molecule has 0 bridgehead atoms. The van der Waals surface area contributed by atoms with Crippen LogP contribution in [0.15, 0.2) is 60.0 Å². The fourth-order valence-electron chi connectivity index (χ4n) is 2.14. The van der Waals surface area contributed by atoms with E-state index in [1.807, 2.05) is 0 Å². The SMILES string of the molecule is C=CCS(=O)(=O)c1ccc(C)c(NC(=O)c2cccc([N+](=O)[O-])c2)c1. The molecule has 2 aromatic rings. The number of non-ortho nitro benzene ring substituents is 1. The molecule has 0 atom stereocenters. The number of nitro benzene ring substituents is 1. The van der Waals surface area contributed by atoms with E-state index in [2.05, 4.69) is 11.9 Å². The van der Waals surface area contributed by atoms with Crippen LogP contribution in [0.5, 0.6) is 0 Å². The number of hydrogen-bond donors (Lipinski definition) is 1. The highest BCUT2D eigenvalue weighted by molar-refractivity contribution is 7.91. The number of nitrogens with one attached hydrogen (secondary N) is 1. The maximum absolute atomic E-state index is 12.3. The number of aryl methyl sites for hydroxylation is 1. The van der Waals surface area contributed by atoms with Gasteiger partial charge in [0.15, 0.2) is 9.84 Å². The Kier molecular flexibility index (Phi) is 5.33. The number of benzene rings is 2. The third kappa shape index (κ3) is 4.30. The standard InChI is InChI=1S/C17H16N2O5S/c1-3-9-25(23,24)15-8-7-12(2)16(11-15)18-17(20)13-5-4-6-14(10-13)19(21)22/h3-8,10-11H,1,9H2,2H3,(H,18,20). The number of anilines is 1. The lowest BCUT2D eigenvalue weighted by atomic mass is 10.1. The smallest absolute Gasteiger partial charge is 0.270 e. The van der Waals surface area contributed by atoms with Crippen LogP contribution in [0.1, 0.15) is 15.9 Å². The highest BCUT2D eigenvalue weighted by Gasteiger charge is 2.16. The highest BCUT2D eigenvalue weighted by atomic mass is 32.2. The van der Waals surface area contributed by atoms with E-state index in [-0.39, 0.29) is 21.9 Å². The van der Waals surface area contributed by atoms with Gasteiger partial charge in [-0.3, -0.25) is 14.9 Å². The summed E-state index contributed by atoms with van der Waals surface area (Å²) < 4.78 is 24.2. The molecule has 25 heavy (non-hydrogen) atoms. The summed E-state index contributed by atoms with van der Waals surface area (Å²) in [4.78, 5) is 22.6. The molecule has 0 aromatic heterocycles. The zero-order valence-corrected chi connectivity index (χ0v) is 14.2. The number of nitro groups is 1. The maximum atomic E-state index is 12.3. The van der Waals surface area contributed by atoms with Gasteiger partial charge in [0, 0.05) is 23.4 Å². The Balaban J connectivity index is 2.34. The minimum atomic E-state index is -3.53. The summed E-state index contributed by atoms with van der Waals surface area (Å²) in [5, 5.41) is 13.4. The molecule has 8 heteroatoms. The van der Waals surface area contributed by atoms with Crippen LogP contribution in [-0.4, -0.2) is 25.0 Å². The molecule has 0 heterocycles. The third-order valence-electron chi connectivity index (χ3n) is 3.47. The average molecular weight is 360 g/mol. The first-order chi connectivity index (χ1) is 11.7. The predicted molar refractivity (Wildman–Crippen MR) is 94.5 cm³/mol. The molecule has 0 radical (unpaired) electrons. The van der Waals surface area contributed by atoms with E-state index in [1.54, 1.807) is 13.0 Å². The van der Waals surface area contributed by atoms with Crippen molar-refractivity contribution < 1.29 is 18.1 Å². The van der Waals surface area contributed by atoms with Crippen LogP contribution in [0.3, 0.4) is 0 Å². The number of carbonyl (C=O) groups excluding carboxylic acids is 1. The third-order valence-corrected chi connectivity index (χ3v) is 5.12. The molecule has 0 aliphatic rings. The van der Waals surface area contributed by atoms with E-state index in [0.717, 1.165) is 6.07 Å². The lowest BCUT2D eigenvalue weighted by Gasteiger charge is -2.11. The Morgan fingerprint density at radius 1 is 1.28 bits per heavy atom. The second-order valence-corrected chi connectivity index (χ2v) is 7.34. The van der Waals surface area contributed by atoms with Gasteiger partial charge in [-0.2, -0.15) is 0 Å². The van der Waals surface area contributed by atoms with Gasteiger partial charge in [0.05, 0.1) is 15.6 Å². The van der Waals surface area contributed by atoms with Crippen LogP contribution < -0.4 is 5.32 Å². The molecule has 2 aromatic carbocycles. The van der Waals surface area contributed by atoms with Gasteiger partial charge < -0.3 is 5.32 Å². The fraction of sp³-hybridized carbons (Fsp3) is 0.118. The molecular formula is C17H16N2O5S. The van der Waals surface area contributed by atoms with Crippen LogP contribution in [0, 0.1) is 17.0 Å². The van der Waals surface area contributed by atoms with Crippen LogP contribution in [0.2, 0.25) is 0 Å². The van der Waals surface area contributed by atoms with E-state index in [9.17, 15) is 23.3 Å². The van der Waals surface area contributed by atoms with E-state index in [0.29, 0.717) is 11.3 Å². The van der Waals surface area contributed by atoms with Gasteiger partial charge in [-0.1, -0.05) is 18.2 Å². The van der Waals surface area contributed by atoms with E-state index in [4.69, 9.17) is 0 Å². The Morgan fingerprint density at radius 2 is 2.00 bits per heavy atom. The van der Waals surface area contributed by atoms with E-state index >= 15 is 0 Å². The maximum Gasteiger partial charge on any atom is 0.270 e. The summed E-state index contributed by atoms with van der Waals surface area (Å²) >= 11 is 0. The molecule has 0 spiro atoms. The summed E-state index contributed by atoms with van der Waals surface area (Å²) in [6, 6.07) is 9.69. The second kappa shape index (κ2) is 7.27. The predicted octanol–water partition coefficient (Wildman–Crippen LogP) is 3.12. The summed E-state index contributed by atoms with van der Waals surface area (Å²) in [6.07, 6.45) is 1.29. The molecule has 0 aliphatic carbocycles. The van der Waals surface area contributed by atoms with Crippen molar-refractivity contribution in [2.75, 3.05) is 11.1 Å². The van der Waals surface area contributed by atoms with Crippen LogP contribution in [0.4, 0.5) is 11.4 Å². The number of sulfone groups is 1. The molecule has 1 amide bonds. The largest absolute Gasteiger partial charge is 0.322 e. The van der Waals surface area contributed by atoms with Crippen molar-refractivity contribution in [2.45, 2.75) is 11.8 Å². The number of rotatable bonds is 6. The van der Waals surface area contributed by atoms with Crippen molar-refractivity contribution in [3.8, 4) is 0 Å². The zero-order chi connectivity index (χ0) is 18.6. The molecule has 2 rings (SSSR count). The van der Waals surface area contributed by atoms with Gasteiger partial charge in [0.2, 0.25) is 0 Å². The van der Waals surface area contributed by atoms with Crippen LogP contribution >= 0.6 is 0 Å². The van der Waals surface area contributed by atoms with Crippen molar-refractivity contribution in [1.29, 1.82) is 0 Å². The van der Waals surface area contributed by atoms with Crippen molar-refractivity contribution >= 4 is 27.1 Å². The first kappa shape index (κ1) is 18.3. The minimum absolute atomic E-state index is 0.0624. The molecule has 0 unspecified atom stereocenters. The first-order valence-electron chi connectivity index (χ1n) is 7.24. The van der Waals surface area contributed by atoms with Crippen molar-refractivity contribution in [2.24, 2.45) is 0 Å². The summed E-state index contributed by atoms with van der Waals surface area (Å²) in [5.74, 6) is -0.779. The van der Waals surface area contributed by atoms with Gasteiger partial charge >= 0.3 is 0 Å². The molecule has 7 nitrogen and oxygen atoms in total. The lowest BCUT2D eigenvalue weighted by Crippen LogP contribution is -2.14. The number of nitrogens with zero attached hydrogens (tertiary/aromatic N) is 1. The van der Waals surface area contributed by atoms with Gasteiger partial charge in [0.1, 0.15) is 0 Å². The Labute approximate surface area is 145 Å².